The van der Waals surface area contributed by atoms with Crippen LogP contribution in [-0.2, 0) is 28.6 Å². The first-order chi connectivity index (χ1) is 30.6. The minimum Gasteiger partial charge on any atom is -0.544 e. The van der Waals surface area contributed by atoms with Gasteiger partial charge in [-0.15, -0.1) is 0 Å². The fraction of sp³-hybridized carbons (Fsp3) is 0.800. The van der Waals surface area contributed by atoms with E-state index in [4.69, 9.17) is 14.2 Å². The lowest BCUT2D eigenvalue weighted by atomic mass is 10.1. The molecule has 0 radical (unpaired) electrons. The molecule has 0 heterocycles. The SMILES string of the molecule is CCCCCC/C=C\C/C=C\CCCCCCCCCC(=O)OCC(COCCC(C(=O)[O-])[N+](C)(C)C)OC(=O)CCCCCCCCCCC/C=C\C/C=C\CCCCCCC. The molecule has 0 aromatic rings. The summed E-state index contributed by atoms with van der Waals surface area (Å²) in [7, 11) is 5.41. The third-order valence-electron chi connectivity index (χ3n) is 11.7. The third kappa shape index (κ3) is 44.3. The molecule has 0 aliphatic heterocycles. The van der Waals surface area contributed by atoms with Crippen molar-refractivity contribution in [3.05, 3.63) is 48.6 Å². The molecule has 2 atom stereocenters. The lowest BCUT2D eigenvalue weighted by Gasteiger charge is -2.34. The summed E-state index contributed by atoms with van der Waals surface area (Å²) in [6.45, 7) is 4.64. The quantitative estimate of drug-likeness (QED) is 0.0259. The molecule has 0 aliphatic carbocycles. The predicted molar refractivity (Wildman–Crippen MR) is 263 cm³/mol. The topological polar surface area (TPSA) is 102 Å². The van der Waals surface area contributed by atoms with Crippen molar-refractivity contribution in [2.75, 3.05) is 41.0 Å². The molecule has 0 rings (SSSR count). The molecule has 8 nitrogen and oxygen atoms in total. The van der Waals surface area contributed by atoms with Crippen molar-refractivity contribution in [3.63, 3.8) is 0 Å². The number of likely N-dealkylation sites (N-methyl/N-ethyl adjacent to an activating group) is 1. The number of carbonyl (C=O) groups is 3. The number of allylic oxidation sites excluding steroid dienone is 8. The van der Waals surface area contributed by atoms with Crippen molar-refractivity contribution in [2.24, 2.45) is 0 Å². The molecule has 0 spiro atoms. The maximum absolute atomic E-state index is 12.8. The maximum atomic E-state index is 12.8. The minimum absolute atomic E-state index is 0.0366. The molecular weight excluding hydrogens is 787 g/mol. The molecule has 0 fully saturated rings. The average molecular weight is 886 g/mol. The van der Waals surface area contributed by atoms with E-state index in [0.717, 1.165) is 57.8 Å². The summed E-state index contributed by atoms with van der Waals surface area (Å²) in [5.74, 6) is -1.74. The van der Waals surface area contributed by atoms with Crippen LogP contribution in [-0.4, -0.2) is 75.5 Å². The summed E-state index contributed by atoms with van der Waals surface area (Å²) >= 11 is 0. The first kappa shape index (κ1) is 60.3. The Morgan fingerprint density at radius 1 is 0.476 bits per heavy atom. The minimum atomic E-state index is -1.13. The zero-order valence-electron chi connectivity index (χ0n) is 41.7. The number of quaternary nitrogens is 1. The van der Waals surface area contributed by atoms with Crippen LogP contribution in [0.25, 0.3) is 0 Å². The van der Waals surface area contributed by atoms with E-state index in [0.29, 0.717) is 12.8 Å². The second-order valence-corrected chi connectivity index (χ2v) is 18.8. The van der Waals surface area contributed by atoms with Crippen LogP contribution in [0.2, 0.25) is 0 Å². The first-order valence-corrected chi connectivity index (χ1v) is 26.2. The van der Waals surface area contributed by atoms with Crippen LogP contribution in [0, 0.1) is 0 Å². The zero-order chi connectivity index (χ0) is 46.3. The number of rotatable bonds is 47. The highest BCUT2D eigenvalue weighted by Crippen LogP contribution is 2.15. The molecule has 0 amide bonds. The molecule has 0 aromatic carbocycles. The molecule has 0 aromatic heterocycles. The fourth-order valence-corrected chi connectivity index (χ4v) is 7.60. The van der Waals surface area contributed by atoms with Crippen LogP contribution in [0.1, 0.15) is 232 Å². The highest BCUT2D eigenvalue weighted by atomic mass is 16.6. The summed E-state index contributed by atoms with van der Waals surface area (Å²) in [5, 5.41) is 11.7. The number of carbonyl (C=O) groups excluding carboxylic acids is 3. The molecule has 0 aliphatic rings. The molecule has 0 N–H and O–H groups in total. The van der Waals surface area contributed by atoms with E-state index in [9.17, 15) is 19.5 Å². The van der Waals surface area contributed by atoms with Crippen LogP contribution in [0.5, 0.6) is 0 Å². The highest BCUT2D eigenvalue weighted by molar-refractivity contribution is 5.70. The number of esters is 2. The molecule has 0 bridgehead atoms. The van der Waals surface area contributed by atoms with Gasteiger partial charge in [-0.05, 0) is 77.0 Å². The summed E-state index contributed by atoms with van der Waals surface area (Å²) in [5.41, 5.74) is 0. The Kier molecular flexibility index (Phi) is 43.9. The second kappa shape index (κ2) is 45.8. The first-order valence-electron chi connectivity index (χ1n) is 26.2. The normalized spacial score (nSPS) is 13.2. The Balaban J connectivity index is 4.26. The van der Waals surface area contributed by atoms with Gasteiger partial charge in [-0.1, -0.05) is 184 Å². The second-order valence-electron chi connectivity index (χ2n) is 18.8. The van der Waals surface area contributed by atoms with Gasteiger partial charge < -0.3 is 28.6 Å². The molecule has 366 valence electrons. The van der Waals surface area contributed by atoms with Crippen LogP contribution in [0.15, 0.2) is 48.6 Å². The Morgan fingerprint density at radius 3 is 1.24 bits per heavy atom. The van der Waals surface area contributed by atoms with E-state index < -0.39 is 18.1 Å². The van der Waals surface area contributed by atoms with E-state index in [2.05, 4.69) is 62.5 Å². The Labute approximate surface area is 388 Å². The van der Waals surface area contributed by atoms with Crippen LogP contribution in [0.4, 0.5) is 0 Å². The van der Waals surface area contributed by atoms with E-state index in [1.807, 2.05) is 0 Å². The lowest BCUT2D eigenvalue weighted by Crippen LogP contribution is -2.55. The van der Waals surface area contributed by atoms with Gasteiger partial charge in [0.25, 0.3) is 0 Å². The van der Waals surface area contributed by atoms with E-state index in [-0.39, 0.29) is 42.7 Å². The molecule has 2 unspecified atom stereocenters. The average Bonchev–Trinajstić information content (AvgIpc) is 3.24. The standard InChI is InChI=1S/C55H99NO7/c1-6-8-10-12-14-16-18-20-22-24-26-27-28-30-32-34-36-38-40-42-44-46-54(58)63-51(49-61-48-47-52(55(59)60)56(3,4)5)50-62-53(57)45-43-41-39-37-35-33-31-29-25-23-21-19-17-15-13-11-9-7-2/h17-20,23-26,51-52H,6-16,21-22,27-50H2,1-5H3/b19-17-,20-18-,25-23-,26-24-. The predicted octanol–water partition coefficient (Wildman–Crippen LogP) is 13.8. The van der Waals surface area contributed by atoms with Crippen LogP contribution >= 0.6 is 0 Å². The molecule has 8 heteroatoms. The Hall–Kier alpha value is -2.71. The van der Waals surface area contributed by atoms with Gasteiger partial charge in [0.05, 0.1) is 40.3 Å². The Morgan fingerprint density at radius 2 is 0.841 bits per heavy atom. The van der Waals surface area contributed by atoms with Crippen molar-refractivity contribution in [1.82, 2.24) is 0 Å². The van der Waals surface area contributed by atoms with Gasteiger partial charge in [0.2, 0.25) is 0 Å². The van der Waals surface area contributed by atoms with Gasteiger partial charge in [-0.2, -0.15) is 0 Å². The molecule has 63 heavy (non-hydrogen) atoms. The van der Waals surface area contributed by atoms with Gasteiger partial charge in [0.15, 0.2) is 6.10 Å². The van der Waals surface area contributed by atoms with Gasteiger partial charge >= 0.3 is 11.9 Å². The van der Waals surface area contributed by atoms with Crippen molar-refractivity contribution in [3.8, 4) is 0 Å². The molecular formula is C55H99NO7. The molecule has 0 saturated carbocycles. The molecule has 0 saturated heterocycles. The number of carboxylic acids is 1. The van der Waals surface area contributed by atoms with Crippen LogP contribution < -0.4 is 5.11 Å². The number of nitrogens with zero attached hydrogens (tertiary/aromatic N) is 1. The highest BCUT2D eigenvalue weighted by Gasteiger charge is 2.25. The number of hydrogen-bond acceptors (Lipinski definition) is 7. The number of unbranched alkanes of at least 4 members (excludes halogenated alkanes) is 25. The van der Waals surface area contributed by atoms with Crippen LogP contribution in [0.3, 0.4) is 0 Å². The smallest absolute Gasteiger partial charge is 0.306 e. The lowest BCUT2D eigenvalue weighted by molar-refractivity contribution is -0.889. The number of carboxylic acid groups (broad SMARTS) is 1. The summed E-state index contributed by atoms with van der Waals surface area (Å²) in [6, 6.07) is -0.729. The Bertz CT molecular complexity index is 1170. The summed E-state index contributed by atoms with van der Waals surface area (Å²) < 4.78 is 17.2. The summed E-state index contributed by atoms with van der Waals surface area (Å²) in [4.78, 5) is 37.0. The largest absolute Gasteiger partial charge is 0.544 e. The van der Waals surface area contributed by atoms with Crippen molar-refractivity contribution in [1.29, 1.82) is 0 Å². The van der Waals surface area contributed by atoms with Crippen molar-refractivity contribution < 1.29 is 38.2 Å². The summed E-state index contributed by atoms with van der Waals surface area (Å²) in [6.07, 6.45) is 55.6. The number of ether oxygens (including phenoxy) is 3. The van der Waals surface area contributed by atoms with E-state index >= 15 is 0 Å². The zero-order valence-corrected chi connectivity index (χ0v) is 41.7. The maximum Gasteiger partial charge on any atom is 0.306 e. The van der Waals surface area contributed by atoms with Gasteiger partial charge in [0.1, 0.15) is 12.6 Å². The third-order valence-corrected chi connectivity index (χ3v) is 11.7. The van der Waals surface area contributed by atoms with E-state index in [1.165, 1.54) is 141 Å². The number of aliphatic carboxylic acids is 1. The monoisotopic (exact) mass is 886 g/mol. The van der Waals surface area contributed by atoms with Crippen molar-refractivity contribution >= 4 is 17.9 Å². The van der Waals surface area contributed by atoms with Gasteiger partial charge in [-0.3, -0.25) is 9.59 Å². The van der Waals surface area contributed by atoms with E-state index in [1.54, 1.807) is 21.1 Å². The number of hydrogen-bond donors (Lipinski definition) is 0. The van der Waals surface area contributed by atoms with Gasteiger partial charge in [-0.25, -0.2) is 0 Å². The fourth-order valence-electron chi connectivity index (χ4n) is 7.60. The van der Waals surface area contributed by atoms with Crippen molar-refractivity contribution in [2.45, 2.75) is 244 Å². The van der Waals surface area contributed by atoms with Gasteiger partial charge in [0, 0.05) is 19.3 Å².